The molecule has 0 aromatic rings. The Morgan fingerprint density at radius 1 is 1.45 bits per heavy atom. The average molecular weight is 173 g/mol. The van der Waals surface area contributed by atoms with Gasteiger partial charge in [-0.15, -0.1) is 11.8 Å². The lowest BCUT2D eigenvalue weighted by molar-refractivity contribution is 0.293. The quantitative estimate of drug-likeness (QED) is 0.645. The normalized spacial score (nSPS) is 21.0. The van der Waals surface area contributed by atoms with E-state index in [0.717, 1.165) is 5.92 Å². The number of thioether (sulfide) groups is 1. The molecule has 1 aliphatic heterocycles. The van der Waals surface area contributed by atoms with Gasteiger partial charge in [0.25, 0.3) is 0 Å². The summed E-state index contributed by atoms with van der Waals surface area (Å²) in [5, 5.41) is 0. The second-order valence-corrected chi connectivity index (χ2v) is 4.77. The Bertz CT molecular complexity index is 97.7. The van der Waals surface area contributed by atoms with Gasteiger partial charge in [-0.1, -0.05) is 13.8 Å². The van der Waals surface area contributed by atoms with Gasteiger partial charge >= 0.3 is 0 Å². The molecular formula is C9H19NS. The molecule has 2 heteroatoms. The van der Waals surface area contributed by atoms with Gasteiger partial charge in [-0.05, 0) is 37.6 Å². The van der Waals surface area contributed by atoms with E-state index in [0.29, 0.717) is 0 Å². The molecule has 0 amide bonds. The van der Waals surface area contributed by atoms with Crippen molar-refractivity contribution in [1.82, 2.24) is 4.90 Å². The van der Waals surface area contributed by atoms with Crippen LogP contribution < -0.4 is 0 Å². The van der Waals surface area contributed by atoms with E-state index in [1.165, 1.54) is 37.6 Å². The van der Waals surface area contributed by atoms with Crippen LogP contribution >= 0.6 is 11.8 Å². The van der Waals surface area contributed by atoms with Crippen LogP contribution in [-0.2, 0) is 0 Å². The lowest BCUT2D eigenvalue weighted by Gasteiger charge is -2.26. The van der Waals surface area contributed by atoms with E-state index in [4.69, 9.17) is 0 Å². The fourth-order valence-electron chi connectivity index (χ4n) is 1.27. The summed E-state index contributed by atoms with van der Waals surface area (Å²) in [5.74, 6) is 3.51. The third-order valence-corrected chi connectivity index (χ3v) is 3.18. The summed E-state index contributed by atoms with van der Waals surface area (Å²) in [7, 11) is 0. The zero-order valence-corrected chi connectivity index (χ0v) is 8.49. The lowest BCUT2D eigenvalue weighted by Crippen LogP contribution is -2.30. The molecule has 0 unspecified atom stereocenters. The first kappa shape index (κ1) is 9.40. The van der Waals surface area contributed by atoms with E-state index in [1.807, 2.05) is 0 Å². The second kappa shape index (κ2) is 5.04. The van der Waals surface area contributed by atoms with Crippen molar-refractivity contribution in [2.75, 3.05) is 24.7 Å². The van der Waals surface area contributed by atoms with E-state index in [2.05, 4.69) is 30.5 Å². The molecule has 11 heavy (non-hydrogen) atoms. The highest BCUT2D eigenvalue weighted by Gasteiger charge is 2.09. The first-order valence-electron chi connectivity index (χ1n) is 4.59. The highest BCUT2D eigenvalue weighted by atomic mass is 32.2. The van der Waals surface area contributed by atoms with Crippen LogP contribution in [0.3, 0.4) is 0 Å². The maximum atomic E-state index is 2.58. The van der Waals surface area contributed by atoms with Crippen LogP contribution in [-0.4, -0.2) is 29.6 Å². The Morgan fingerprint density at radius 2 is 2.27 bits per heavy atom. The Balaban J connectivity index is 2.05. The van der Waals surface area contributed by atoms with Crippen LogP contribution in [0.4, 0.5) is 0 Å². The van der Waals surface area contributed by atoms with Crippen LogP contribution in [0.15, 0.2) is 0 Å². The molecule has 66 valence electrons. The Labute approximate surface area is 74.5 Å². The first-order valence-corrected chi connectivity index (χ1v) is 5.74. The predicted octanol–water partition coefficient (Wildman–Crippen LogP) is 2.43. The number of hydrogen-bond acceptors (Lipinski definition) is 2. The van der Waals surface area contributed by atoms with Gasteiger partial charge in [-0.2, -0.15) is 0 Å². The van der Waals surface area contributed by atoms with Crippen LogP contribution in [0.5, 0.6) is 0 Å². The standard InChI is InChI=1S/C9H19NS/c1-9(2)4-6-10-5-3-7-11-8-10/h9H,3-8H2,1-2H3. The van der Waals surface area contributed by atoms with Gasteiger partial charge in [0.15, 0.2) is 0 Å². The zero-order chi connectivity index (χ0) is 8.10. The van der Waals surface area contributed by atoms with Gasteiger partial charge in [0, 0.05) is 5.88 Å². The highest BCUT2D eigenvalue weighted by molar-refractivity contribution is 7.99. The van der Waals surface area contributed by atoms with Crippen molar-refractivity contribution in [1.29, 1.82) is 0 Å². The van der Waals surface area contributed by atoms with Crippen molar-refractivity contribution in [3.05, 3.63) is 0 Å². The van der Waals surface area contributed by atoms with Gasteiger partial charge in [0.1, 0.15) is 0 Å². The lowest BCUT2D eigenvalue weighted by atomic mass is 10.1. The SMILES string of the molecule is CC(C)CCN1CCCSC1. The molecule has 0 atom stereocenters. The summed E-state index contributed by atoms with van der Waals surface area (Å²) < 4.78 is 0. The van der Waals surface area contributed by atoms with Crippen molar-refractivity contribution in [3.63, 3.8) is 0 Å². The van der Waals surface area contributed by atoms with Crippen LogP contribution in [0, 0.1) is 5.92 Å². The highest BCUT2D eigenvalue weighted by Crippen LogP contribution is 2.14. The van der Waals surface area contributed by atoms with Crippen molar-refractivity contribution in [2.24, 2.45) is 5.92 Å². The number of nitrogens with zero attached hydrogens (tertiary/aromatic N) is 1. The molecule has 0 spiro atoms. The first-order chi connectivity index (χ1) is 5.29. The minimum Gasteiger partial charge on any atom is -0.294 e. The number of rotatable bonds is 3. The summed E-state index contributed by atoms with van der Waals surface area (Å²) in [6.07, 6.45) is 2.75. The monoisotopic (exact) mass is 173 g/mol. The summed E-state index contributed by atoms with van der Waals surface area (Å²) in [5.41, 5.74) is 0. The van der Waals surface area contributed by atoms with Gasteiger partial charge in [0.2, 0.25) is 0 Å². The minimum absolute atomic E-state index is 0.863. The third kappa shape index (κ3) is 4.02. The van der Waals surface area contributed by atoms with Crippen LogP contribution in [0.1, 0.15) is 26.7 Å². The van der Waals surface area contributed by atoms with Crippen molar-refractivity contribution in [2.45, 2.75) is 26.7 Å². The van der Waals surface area contributed by atoms with E-state index in [1.54, 1.807) is 0 Å². The van der Waals surface area contributed by atoms with E-state index >= 15 is 0 Å². The largest absolute Gasteiger partial charge is 0.294 e. The van der Waals surface area contributed by atoms with E-state index in [9.17, 15) is 0 Å². The van der Waals surface area contributed by atoms with Crippen molar-refractivity contribution in [3.8, 4) is 0 Å². The molecule has 0 aliphatic carbocycles. The molecule has 1 fully saturated rings. The molecule has 1 aliphatic rings. The number of hydrogen-bond donors (Lipinski definition) is 0. The van der Waals surface area contributed by atoms with E-state index in [-0.39, 0.29) is 0 Å². The summed E-state index contributed by atoms with van der Waals surface area (Å²) in [4.78, 5) is 2.58. The molecule has 0 bridgehead atoms. The molecule has 0 saturated carbocycles. The predicted molar refractivity (Wildman–Crippen MR) is 53.0 cm³/mol. The van der Waals surface area contributed by atoms with Crippen LogP contribution in [0.2, 0.25) is 0 Å². The van der Waals surface area contributed by atoms with Gasteiger partial charge in [-0.25, -0.2) is 0 Å². The fourth-order valence-corrected chi connectivity index (χ4v) is 2.24. The second-order valence-electron chi connectivity index (χ2n) is 3.69. The topological polar surface area (TPSA) is 3.24 Å². The smallest absolute Gasteiger partial charge is 0.0444 e. The molecule has 0 N–H and O–H groups in total. The molecule has 0 aromatic carbocycles. The average Bonchev–Trinajstić information content (AvgIpc) is 2.03. The zero-order valence-electron chi connectivity index (χ0n) is 7.68. The molecule has 0 radical (unpaired) electrons. The molecule has 1 heterocycles. The van der Waals surface area contributed by atoms with E-state index < -0.39 is 0 Å². The van der Waals surface area contributed by atoms with Crippen LogP contribution in [0.25, 0.3) is 0 Å². The van der Waals surface area contributed by atoms with Gasteiger partial charge < -0.3 is 0 Å². The molecular weight excluding hydrogens is 154 g/mol. The molecule has 1 nitrogen and oxygen atoms in total. The molecule has 0 aromatic heterocycles. The molecule has 1 saturated heterocycles. The maximum Gasteiger partial charge on any atom is 0.0444 e. The van der Waals surface area contributed by atoms with Gasteiger partial charge in [0.05, 0.1) is 0 Å². The fraction of sp³-hybridized carbons (Fsp3) is 1.00. The summed E-state index contributed by atoms with van der Waals surface area (Å²) in [6, 6.07) is 0. The Kier molecular flexibility index (Phi) is 4.31. The summed E-state index contributed by atoms with van der Waals surface area (Å²) in [6.45, 7) is 7.25. The molecule has 1 rings (SSSR count). The Morgan fingerprint density at radius 3 is 2.82 bits per heavy atom. The van der Waals surface area contributed by atoms with Crippen molar-refractivity contribution >= 4 is 11.8 Å². The van der Waals surface area contributed by atoms with Crippen molar-refractivity contribution < 1.29 is 0 Å². The Hall–Kier alpha value is 0.310. The summed E-state index contributed by atoms with van der Waals surface area (Å²) >= 11 is 2.08. The minimum atomic E-state index is 0.863. The van der Waals surface area contributed by atoms with Gasteiger partial charge in [-0.3, -0.25) is 4.90 Å². The maximum absolute atomic E-state index is 2.58. The third-order valence-electron chi connectivity index (χ3n) is 2.06.